The summed E-state index contributed by atoms with van der Waals surface area (Å²) in [7, 11) is 2.29. The molecule has 5 heteroatoms. The molecular weight excluding hydrogens is 262 g/mol. The third-order valence-electron chi connectivity index (χ3n) is 5.17. The van der Waals surface area contributed by atoms with Gasteiger partial charge in [-0.25, -0.2) is 4.52 Å². The third kappa shape index (κ3) is 2.39. The van der Waals surface area contributed by atoms with Crippen molar-refractivity contribution >= 4 is 11.6 Å². The number of aryl methyl sites for hydroxylation is 1. The molecule has 112 valence electrons. The van der Waals surface area contributed by atoms with E-state index in [0.29, 0.717) is 6.04 Å². The van der Waals surface area contributed by atoms with Gasteiger partial charge in [0, 0.05) is 24.3 Å². The molecule has 2 fully saturated rings. The summed E-state index contributed by atoms with van der Waals surface area (Å²) in [6, 6.07) is 6.10. The van der Waals surface area contributed by atoms with E-state index in [1.807, 2.05) is 10.7 Å². The monoisotopic (exact) mass is 285 g/mol. The molecule has 2 aromatic rings. The highest BCUT2D eigenvalue weighted by molar-refractivity contribution is 5.45. The van der Waals surface area contributed by atoms with Crippen molar-refractivity contribution in [2.75, 3.05) is 12.4 Å². The molecule has 4 rings (SSSR count). The van der Waals surface area contributed by atoms with Gasteiger partial charge >= 0.3 is 0 Å². The fraction of sp³-hybridized carbons (Fsp3) is 0.625. The number of pyridine rings is 1. The molecular formula is C16H23N5. The van der Waals surface area contributed by atoms with Crippen molar-refractivity contribution in [1.29, 1.82) is 0 Å². The lowest BCUT2D eigenvalue weighted by atomic mass is 9.82. The summed E-state index contributed by atoms with van der Waals surface area (Å²) in [5.41, 5.74) is 2.14. The van der Waals surface area contributed by atoms with Gasteiger partial charge in [0.15, 0.2) is 5.65 Å². The maximum absolute atomic E-state index is 4.61. The summed E-state index contributed by atoms with van der Waals surface area (Å²) < 4.78 is 1.85. The Morgan fingerprint density at radius 3 is 2.76 bits per heavy atom. The number of aromatic nitrogens is 3. The largest absolute Gasteiger partial charge is 0.350 e. The van der Waals surface area contributed by atoms with Crippen LogP contribution >= 0.6 is 0 Å². The van der Waals surface area contributed by atoms with Gasteiger partial charge in [0.25, 0.3) is 0 Å². The van der Waals surface area contributed by atoms with Crippen molar-refractivity contribution in [1.82, 2.24) is 19.5 Å². The molecule has 0 aromatic carbocycles. The van der Waals surface area contributed by atoms with Gasteiger partial charge < -0.3 is 10.2 Å². The first-order valence-electron chi connectivity index (χ1n) is 8.00. The van der Waals surface area contributed by atoms with Crippen LogP contribution in [0.15, 0.2) is 18.3 Å². The average Bonchev–Trinajstić information content (AvgIpc) is 2.81. The Labute approximate surface area is 125 Å². The van der Waals surface area contributed by atoms with Gasteiger partial charge in [-0.1, -0.05) is 6.42 Å². The third-order valence-corrected chi connectivity index (χ3v) is 5.17. The molecule has 5 nitrogen and oxygen atoms in total. The predicted octanol–water partition coefficient (Wildman–Crippen LogP) is 2.46. The fourth-order valence-corrected chi connectivity index (χ4v) is 3.96. The van der Waals surface area contributed by atoms with E-state index in [1.54, 1.807) is 0 Å². The number of hydrogen-bond donors (Lipinski definition) is 1. The first-order valence-corrected chi connectivity index (χ1v) is 8.00. The normalized spacial score (nSPS) is 29.7. The van der Waals surface area contributed by atoms with E-state index < -0.39 is 0 Å². The quantitative estimate of drug-likeness (QED) is 0.920. The van der Waals surface area contributed by atoms with Crippen LogP contribution in [0, 0.1) is 6.92 Å². The standard InChI is InChI=1S/C16H23N5/c1-11-6-7-21-15(8-11)18-16(19-21)17-12-9-13-4-3-5-14(10-12)20(13)2/h6-8,12-14H,3-5,9-10H2,1-2H3,(H,17,19). The number of anilines is 1. The molecule has 2 bridgehead atoms. The van der Waals surface area contributed by atoms with E-state index in [1.165, 1.54) is 37.7 Å². The summed E-state index contributed by atoms with van der Waals surface area (Å²) in [6.07, 6.45) is 8.46. The van der Waals surface area contributed by atoms with E-state index >= 15 is 0 Å². The zero-order chi connectivity index (χ0) is 14.4. The van der Waals surface area contributed by atoms with Crippen molar-refractivity contribution < 1.29 is 0 Å². The van der Waals surface area contributed by atoms with Gasteiger partial charge in [-0.2, -0.15) is 4.98 Å². The molecule has 2 aliphatic rings. The highest BCUT2D eigenvalue weighted by Crippen LogP contribution is 2.33. The number of hydrogen-bond acceptors (Lipinski definition) is 4. The van der Waals surface area contributed by atoms with Crippen molar-refractivity contribution in [3.05, 3.63) is 23.9 Å². The van der Waals surface area contributed by atoms with Gasteiger partial charge in [0.05, 0.1) is 0 Å². The average molecular weight is 285 g/mol. The van der Waals surface area contributed by atoms with E-state index in [9.17, 15) is 0 Å². The molecule has 4 heterocycles. The molecule has 0 aliphatic carbocycles. The zero-order valence-electron chi connectivity index (χ0n) is 12.8. The molecule has 1 N–H and O–H groups in total. The lowest BCUT2D eigenvalue weighted by Crippen LogP contribution is -2.52. The first-order chi connectivity index (χ1) is 10.2. The molecule has 2 aliphatic heterocycles. The van der Waals surface area contributed by atoms with Crippen LogP contribution in [-0.2, 0) is 0 Å². The molecule has 2 atom stereocenters. The minimum Gasteiger partial charge on any atom is -0.350 e. The minimum atomic E-state index is 0.509. The van der Waals surface area contributed by atoms with Gasteiger partial charge in [-0.05, 0) is 57.4 Å². The van der Waals surface area contributed by atoms with Crippen LogP contribution in [0.4, 0.5) is 5.95 Å². The van der Waals surface area contributed by atoms with Crippen molar-refractivity contribution in [3.8, 4) is 0 Å². The second-order valence-electron chi connectivity index (χ2n) is 6.66. The van der Waals surface area contributed by atoms with Crippen molar-refractivity contribution in [2.24, 2.45) is 0 Å². The van der Waals surface area contributed by atoms with Crippen LogP contribution in [-0.4, -0.2) is 44.7 Å². The maximum Gasteiger partial charge on any atom is 0.243 e. The summed E-state index contributed by atoms with van der Waals surface area (Å²) in [4.78, 5) is 7.19. The fourth-order valence-electron chi connectivity index (χ4n) is 3.96. The van der Waals surface area contributed by atoms with Crippen molar-refractivity contribution in [2.45, 2.75) is 57.2 Å². The van der Waals surface area contributed by atoms with Gasteiger partial charge in [0.2, 0.25) is 5.95 Å². The topological polar surface area (TPSA) is 45.5 Å². The van der Waals surface area contributed by atoms with Gasteiger partial charge in [-0.3, -0.25) is 0 Å². The Balaban J connectivity index is 1.52. The molecule has 2 saturated heterocycles. The predicted molar refractivity (Wildman–Crippen MR) is 83.6 cm³/mol. The minimum absolute atomic E-state index is 0.509. The van der Waals surface area contributed by atoms with Crippen molar-refractivity contribution in [3.63, 3.8) is 0 Å². The second kappa shape index (κ2) is 4.98. The summed E-state index contributed by atoms with van der Waals surface area (Å²) in [5.74, 6) is 0.772. The molecule has 0 spiro atoms. The number of nitrogens with one attached hydrogen (secondary N) is 1. The molecule has 0 amide bonds. The highest BCUT2D eigenvalue weighted by atomic mass is 15.4. The maximum atomic E-state index is 4.61. The molecule has 2 aromatic heterocycles. The summed E-state index contributed by atoms with van der Waals surface area (Å²) in [5, 5.41) is 8.11. The second-order valence-corrected chi connectivity index (χ2v) is 6.66. The Kier molecular flexibility index (Phi) is 3.10. The van der Waals surface area contributed by atoms with Crippen LogP contribution in [0.5, 0.6) is 0 Å². The van der Waals surface area contributed by atoms with Crippen LogP contribution < -0.4 is 5.32 Å². The molecule has 0 radical (unpaired) electrons. The smallest absolute Gasteiger partial charge is 0.243 e. The number of rotatable bonds is 2. The first kappa shape index (κ1) is 13.1. The van der Waals surface area contributed by atoms with Crippen LogP contribution in [0.3, 0.4) is 0 Å². The van der Waals surface area contributed by atoms with Crippen LogP contribution in [0.1, 0.15) is 37.7 Å². The van der Waals surface area contributed by atoms with Gasteiger partial charge in [-0.15, -0.1) is 5.10 Å². The van der Waals surface area contributed by atoms with Crippen LogP contribution in [0.2, 0.25) is 0 Å². The summed E-state index contributed by atoms with van der Waals surface area (Å²) >= 11 is 0. The Morgan fingerprint density at radius 2 is 2.00 bits per heavy atom. The number of nitrogens with zero attached hydrogens (tertiary/aromatic N) is 4. The van der Waals surface area contributed by atoms with Crippen LogP contribution in [0.25, 0.3) is 5.65 Å². The van der Waals surface area contributed by atoms with E-state index in [2.05, 4.69) is 46.4 Å². The number of piperidine rings is 2. The lowest BCUT2D eigenvalue weighted by molar-refractivity contribution is 0.0607. The zero-order valence-corrected chi connectivity index (χ0v) is 12.8. The molecule has 2 unspecified atom stereocenters. The van der Waals surface area contributed by atoms with Gasteiger partial charge in [0.1, 0.15) is 0 Å². The Morgan fingerprint density at radius 1 is 1.24 bits per heavy atom. The van der Waals surface area contributed by atoms with E-state index in [4.69, 9.17) is 0 Å². The van der Waals surface area contributed by atoms with E-state index in [-0.39, 0.29) is 0 Å². The molecule has 0 saturated carbocycles. The lowest BCUT2D eigenvalue weighted by Gasteiger charge is -2.47. The SMILES string of the molecule is Cc1ccn2nc(NC3CC4CCCC(C3)N4C)nc2c1. The Hall–Kier alpha value is -1.62. The summed E-state index contributed by atoms with van der Waals surface area (Å²) in [6.45, 7) is 2.08. The van der Waals surface area contributed by atoms with E-state index in [0.717, 1.165) is 23.7 Å². The number of fused-ring (bicyclic) bond motifs is 3. The molecule has 21 heavy (non-hydrogen) atoms. The Bertz CT molecular complexity index is 635. The highest BCUT2D eigenvalue weighted by Gasteiger charge is 2.36.